The molecule has 1 N–H and O–H groups in total. The summed E-state index contributed by atoms with van der Waals surface area (Å²) in [4.78, 5) is 13.4. The first kappa shape index (κ1) is 12.7. The van der Waals surface area contributed by atoms with Crippen LogP contribution in [0.1, 0.15) is 48.0 Å². The number of carboxylic acid groups (broad SMARTS) is 1. The molecule has 1 unspecified atom stereocenters. The van der Waals surface area contributed by atoms with Crippen molar-refractivity contribution in [3.8, 4) is 0 Å². The molecular weight excluding hydrogens is 238 g/mol. The summed E-state index contributed by atoms with van der Waals surface area (Å²) in [7, 11) is 0. The number of hydrogen-bond donors (Lipinski definition) is 1. The van der Waals surface area contributed by atoms with Gasteiger partial charge in [0.05, 0.1) is 5.56 Å². The summed E-state index contributed by atoms with van der Waals surface area (Å²) in [6, 6.07) is 8.12. The minimum Gasteiger partial charge on any atom is -0.478 e. The van der Waals surface area contributed by atoms with E-state index in [9.17, 15) is 4.79 Å². The molecular formula is C16H21NO2. The van der Waals surface area contributed by atoms with Crippen LogP contribution < -0.4 is 0 Å². The van der Waals surface area contributed by atoms with E-state index < -0.39 is 5.97 Å². The lowest BCUT2D eigenvalue weighted by Crippen LogP contribution is -2.38. The third-order valence-electron chi connectivity index (χ3n) is 4.69. The summed E-state index contributed by atoms with van der Waals surface area (Å²) >= 11 is 0. The average Bonchev–Trinajstić information content (AvgIpc) is 2.76. The van der Waals surface area contributed by atoms with Gasteiger partial charge >= 0.3 is 5.97 Å². The predicted molar refractivity (Wildman–Crippen MR) is 74.2 cm³/mol. The molecule has 0 aromatic heterocycles. The van der Waals surface area contributed by atoms with Gasteiger partial charge in [-0.1, -0.05) is 18.6 Å². The minimum absolute atomic E-state index is 0.376. The highest BCUT2D eigenvalue weighted by atomic mass is 16.4. The van der Waals surface area contributed by atoms with Crippen LogP contribution in [0.25, 0.3) is 0 Å². The van der Waals surface area contributed by atoms with Crippen LogP contribution in [0.2, 0.25) is 0 Å². The zero-order valence-electron chi connectivity index (χ0n) is 11.2. The normalized spacial score (nSPS) is 24.3. The van der Waals surface area contributed by atoms with Gasteiger partial charge in [-0.3, -0.25) is 4.90 Å². The van der Waals surface area contributed by atoms with Crippen LogP contribution in [-0.4, -0.2) is 28.6 Å². The zero-order valence-corrected chi connectivity index (χ0v) is 11.2. The topological polar surface area (TPSA) is 40.5 Å². The molecule has 1 heterocycles. The van der Waals surface area contributed by atoms with Crippen molar-refractivity contribution in [1.82, 2.24) is 4.90 Å². The standard InChI is InChI=1S/C16H21NO2/c18-16(19)14-8-6-12(7-9-14)11-17-10-2-5-15(17)13-3-1-4-13/h6-9,13,15H,1-5,10-11H2,(H,18,19). The van der Waals surface area contributed by atoms with Crippen molar-refractivity contribution >= 4 is 5.97 Å². The molecule has 1 aromatic rings. The highest BCUT2D eigenvalue weighted by molar-refractivity contribution is 5.87. The van der Waals surface area contributed by atoms with Gasteiger partial charge in [0.1, 0.15) is 0 Å². The Hall–Kier alpha value is -1.35. The van der Waals surface area contributed by atoms with Crippen LogP contribution in [0, 0.1) is 5.92 Å². The van der Waals surface area contributed by atoms with Gasteiger partial charge in [0.2, 0.25) is 0 Å². The lowest BCUT2D eigenvalue weighted by Gasteiger charge is -2.37. The van der Waals surface area contributed by atoms with Crippen LogP contribution in [0.4, 0.5) is 0 Å². The van der Waals surface area contributed by atoms with E-state index in [1.54, 1.807) is 12.1 Å². The Morgan fingerprint density at radius 2 is 1.89 bits per heavy atom. The number of likely N-dealkylation sites (tertiary alicyclic amines) is 1. The summed E-state index contributed by atoms with van der Waals surface area (Å²) in [6.07, 6.45) is 6.87. The summed E-state index contributed by atoms with van der Waals surface area (Å²) in [5.41, 5.74) is 1.61. The highest BCUT2D eigenvalue weighted by Gasteiger charge is 2.34. The number of aromatic carboxylic acids is 1. The number of carboxylic acids is 1. The van der Waals surface area contributed by atoms with Crippen LogP contribution in [0.5, 0.6) is 0 Å². The molecule has 1 aromatic carbocycles. The fraction of sp³-hybridized carbons (Fsp3) is 0.562. The van der Waals surface area contributed by atoms with Crippen molar-refractivity contribution in [3.05, 3.63) is 35.4 Å². The van der Waals surface area contributed by atoms with Crippen molar-refractivity contribution in [2.24, 2.45) is 5.92 Å². The lowest BCUT2D eigenvalue weighted by molar-refractivity contribution is 0.0697. The quantitative estimate of drug-likeness (QED) is 0.903. The van der Waals surface area contributed by atoms with Crippen LogP contribution in [0.3, 0.4) is 0 Å². The highest BCUT2D eigenvalue weighted by Crippen LogP contribution is 2.37. The van der Waals surface area contributed by atoms with Crippen LogP contribution >= 0.6 is 0 Å². The van der Waals surface area contributed by atoms with Gasteiger partial charge in [0, 0.05) is 12.6 Å². The third kappa shape index (κ3) is 2.66. The van der Waals surface area contributed by atoms with Crippen molar-refractivity contribution < 1.29 is 9.90 Å². The molecule has 2 aliphatic rings. The maximum atomic E-state index is 10.8. The first-order chi connectivity index (χ1) is 9.24. The molecule has 3 nitrogen and oxygen atoms in total. The summed E-state index contributed by atoms with van der Waals surface area (Å²) in [6.45, 7) is 2.17. The number of hydrogen-bond acceptors (Lipinski definition) is 2. The first-order valence-electron chi connectivity index (χ1n) is 7.30. The maximum Gasteiger partial charge on any atom is 0.335 e. The molecule has 102 valence electrons. The zero-order chi connectivity index (χ0) is 13.2. The molecule has 3 heteroatoms. The number of rotatable bonds is 4. The molecule has 19 heavy (non-hydrogen) atoms. The number of benzene rings is 1. The fourth-order valence-corrected chi connectivity index (χ4v) is 3.39. The molecule has 2 fully saturated rings. The number of nitrogens with zero attached hydrogens (tertiary/aromatic N) is 1. The molecule has 0 bridgehead atoms. The van der Waals surface area contributed by atoms with Crippen molar-refractivity contribution in [2.45, 2.75) is 44.7 Å². The van der Waals surface area contributed by atoms with E-state index in [0.717, 1.165) is 18.5 Å². The van der Waals surface area contributed by atoms with E-state index in [0.29, 0.717) is 5.56 Å². The van der Waals surface area contributed by atoms with Gasteiger partial charge in [-0.2, -0.15) is 0 Å². The van der Waals surface area contributed by atoms with E-state index in [1.165, 1.54) is 44.2 Å². The van der Waals surface area contributed by atoms with E-state index in [-0.39, 0.29) is 0 Å². The van der Waals surface area contributed by atoms with Crippen molar-refractivity contribution in [3.63, 3.8) is 0 Å². The number of carbonyl (C=O) groups is 1. The lowest BCUT2D eigenvalue weighted by atomic mass is 9.79. The second-order valence-electron chi connectivity index (χ2n) is 5.87. The molecule has 1 saturated carbocycles. The summed E-state index contributed by atoms with van der Waals surface area (Å²) < 4.78 is 0. The molecule has 0 radical (unpaired) electrons. The molecule has 1 aliphatic heterocycles. The molecule has 1 aliphatic carbocycles. The third-order valence-corrected chi connectivity index (χ3v) is 4.69. The van der Waals surface area contributed by atoms with Gasteiger partial charge in [-0.15, -0.1) is 0 Å². The van der Waals surface area contributed by atoms with Gasteiger partial charge in [0.25, 0.3) is 0 Å². The minimum atomic E-state index is -0.847. The van der Waals surface area contributed by atoms with Crippen molar-refractivity contribution in [1.29, 1.82) is 0 Å². The van der Waals surface area contributed by atoms with Gasteiger partial charge in [-0.05, 0) is 55.8 Å². The van der Waals surface area contributed by atoms with E-state index in [2.05, 4.69) is 4.90 Å². The molecule has 3 rings (SSSR count). The Morgan fingerprint density at radius 3 is 2.47 bits per heavy atom. The maximum absolute atomic E-state index is 10.8. The summed E-state index contributed by atoms with van der Waals surface area (Å²) in [5.74, 6) is 0.0702. The first-order valence-corrected chi connectivity index (χ1v) is 7.30. The Balaban J connectivity index is 1.65. The Bertz CT molecular complexity index is 450. The van der Waals surface area contributed by atoms with Gasteiger partial charge in [0.15, 0.2) is 0 Å². The van der Waals surface area contributed by atoms with E-state index in [4.69, 9.17) is 5.11 Å². The summed E-state index contributed by atoms with van der Waals surface area (Å²) in [5, 5.41) is 8.90. The molecule has 1 saturated heterocycles. The Labute approximate surface area is 114 Å². The second kappa shape index (κ2) is 5.33. The van der Waals surface area contributed by atoms with Crippen LogP contribution in [0.15, 0.2) is 24.3 Å². The average molecular weight is 259 g/mol. The SMILES string of the molecule is O=C(O)c1ccc(CN2CCCC2C2CCC2)cc1. The van der Waals surface area contributed by atoms with E-state index >= 15 is 0 Å². The Morgan fingerprint density at radius 1 is 1.16 bits per heavy atom. The largest absolute Gasteiger partial charge is 0.478 e. The molecule has 0 amide bonds. The Kier molecular flexibility index (Phi) is 3.56. The van der Waals surface area contributed by atoms with Crippen molar-refractivity contribution in [2.75, 3.05) is 6.54 Å². The smallest absolute Gasteiger partial charge is 0.335 e. The second-order valence-corrected chi connectivity index (χ2v) is 5.87. The molecule has 1 atom stereocenters. The van der Waals surface area contributed by atoms with Gasteiger partial charge in [-0.25, -0.2) is 4.79 Å². The van der Waals surface area contributed by atoms with Crippen LogP contribution in [-0.2, 0) is 6.54 Å². The fourth-order valence-electron chi connectivity index (χ4n) is 3.39. The van der Waals surface area contributed by atoms with E-state index in [1.807, 2.05) is 12.1 Å². The monoisotopic (exact) mass is 259 g/mol. The van der Waals surface area contributed by atoms with Gasteiger partial charge < -0.3 is 5.11 Å². The molecule has 0 spiro atoms. The predicted octanol–water partition coefficient (Wildman–Crippen LogP) is 3.15.